The lowest BCUT2D eigenvalue weighted by molar-refractivity contribution is 0.407. The highest BCUT2D eigenvalue weighted by molar-refractivity contribution is 9.09. The predicted octanol–water partition coefficient (Wildman–Crippen LogP) is 8.22. The summed E-state index contributed by atoms with van der Waals surface area (Å²) < 4.78 is 0. The van der Waals surface area contributed by atoms with Gasteiger partial charge in [-0.05, 0) is 50.6 Å². The topological polar surface area (TPSA) is 0 Å². The lowest BCUT2D eigenvalue weighted by atomic mass is 9.86. The van der Waals surface area contributed by atoms with E-state index in [1.807, 2.05) is 0 Å². The van der Waals surface area contributed by atoms with E-state index in [-0.39, 0.29) is 10.8 Å². The predicted molar refractivity (Wildman–Crippen MR) is 117 cm³/mol. The van der Waals surface area contributed by atoms with E-state index >= 15 is 0 Å². The zero-order chi connectivity index (χ0) is 18.6. The molecule has 25 heavy (non-hydrogen) atoms. The summed E-state index contributed by atoms with van der Waals surface area (Å²) in [6.07, 6.45) is 1.04. The van der Waals surface area contributed by atoms with Crippen LogP contribution < -0.4 is 0 Å². The van der Waals surface area contributed by atoms with Crippen molar-refractivity contribution in [2.45, 2.75) is 57.6 Å². The second-order valence-corrected chi connectivity index (χ2v) is 11.3. The Morgan fingerprint density at radius 1 is 0.680 bits per heavy atom. The van der Waals surface area contributed by atoms with Crippen LogP contribution in [0.15, 0.2) is 36.4 Å². The van der Waals surface area contributed by atoms with E-state index in [0.717, 1.165) is 6.42 Å². The van der Waals surface area contributed by atoms with Crippen molar-refractivity contribution < 1.29 is 0 Å². The number of hydrogen-bond acceptors (Lipinski definition) is 0. The molecule has 2 aromatic carbocycles. The molecule has 0 aromatic heterocycles. The first-order valence-electron chi connectivity index (χ1n) is 9.02. The fourth-order valence-corrected chi connectivity index (χ4v) is 4.14. The highest BCUT2D eigenvalue weighted by Gasteiger charge is 2.28. The van der Waals surface area contributed by atoms with Gasteiger partial charge in [0.15, 0.2) is 0 Å². The molecule has 2 unspecified atom stereocenters. The molecule has 0 spiro atoms. The van der Waals surface area contributed by atoms with Crippen molar-refractivity contribution in [1.29, 1.82) is 0 Å². The number of rotatable bonds is 2. The van der Waals surface area contributed by atoms with E-state index in [0.29, 0.717) is 9.65 Å². The summed E-state index contributed by atoms with van der Waals surface area (Å²) in [5.41, 5.74) is 8.91. The zero-order valence-corrected chi connectivity index (χ0v) is 19.3. The van der Waals surface area contributed by atoms with Crippen LogP contribution in [0.4, 0.5) is 0 Å². The highest BCUT2D eigenvalue weighted by Crippen LogP contribution is 2.46. The standard InChI is InChI=1S/C23H28Br2/c1-22(2,3)20(24)14-7-9-18-16(11-14)13-17-12-15(8-10-19(17)18)21(25)23(4,5)6/h7-12,20-21H,13H2,1-6H3. The van der Waals surface area contributed by atoms with Crippen molar-refractivity contribution in [2.24, 2.45) is 10.8 Å². The van der Waals surface area contributed by atoms with Crippen LogP contribution in [-0.4, -0.2) is 0 Å². The number of hydrogen-bond donors (Lipinski definition) is 0. The first-order valence-corrected chi connectivity index (χ1v) is 10.9. The maximum Gasteiger partial charge on any atom is 0.0443 e. The largest absolute Gasteiger partial charge is 0.0833 e. The molecule has 2 heteroatoms. The van der Waals surface area contributed by atoms with Crippen molar-refractivity contribution >= 4 is 31.9 Å². The first kappa shape index (κ1) is 19.2. The van der Waals surface area contributed by atoms with Crippen molar-refractivity contribution in [1.82, 2.24) is 0 Å². The van der Waals surface area contributed by atoms with E-state index in [1.165, 1.54) is 33.4 Å². The summed E-state index contributed by atoms with van der Waals surface area (Å²) >= 11 is 7.79. The Balaban J connectivity index is 1.95. The zero-order valence-electron chi connectivity index (χ0n) is 16.1. The third-order valence-electron chi connectivity index (χ3n) is 5.04. The SMILES string of the molecule is CC(C)(C)C(Br)c1ccc2c(c1)Cc1cc(C(Br)C(C)(C)C)ccc1-2. The molecule has 0 amide bonds. The molecule has 0 nitrogen and oxygen atoms in total. The lowest BCUT2D eigenvalue weighted by Crippen LogP contribution is -2.12. The molecule has 0 heterocycles. The fraction of sp³-hybridized carbons (Fsp3) is 0.478. The van der Waals surface area contributed by atoms with Gasteiger partial charge >= 0.3 is 0 Å². The molecular weight excluding hydrogens is 436 g/mol. The molecule has 1 aliphatic rings. The van der Waals surface area contributed by atoms with Gasteiger partial charge in [0.2, 0.25) is 0 Å². The first-order chi connectivity index (χ1) is 11.5. The summed E-state index contributed by atoms with van der Waals surface area (Å²) in [4.78, 5) is 0.745. The average Bonchev–Trinajstić information content (AvgIpc) is 2.88. The normalized spacial score (nSPS) is 16.3. The van der Waals surface area contributed by atoms with E-state index in [4.69, 9.17) is 0 Å². The molecule has 0 radical (unpaired) electrons. The molecule has 2 atom stereocenters. The monoisotopic (exact) mass is 462 g/mol. The number of benzene rings is 2. The summed E-state index contributed by atoms with van der Waals surface area (Å²) in [6, 6.07) is 14.0. The van der Waals surface area contributed by atoms with Gasteiger partial charge < -0.3 is 0 Å². The Labute approximate surface area is 169 Å². The molecule has 2 aromatic rings. The van der Waals surface area contributed by atoms with E-state index < -0.39 is 0 Å². The van der Waals surface area contributed by atoms with Crippen molar-refractivity contribution in [3.8, 4) is 11.1 Å². The molecule has 0 bridgehead atoms. The third-order valence-corrected chi connectivity index (χ3v) is 8.84. The molecule has 0 fully saturated rings. The molecule has 0 saturated carbocycles. The van der Waals surface area contributed by atoms with Gasteiger partial charge in [-0.1, -0.05) is 110 Å². The van der Waals surface area contributed by atoms with Crippen LogP contribution in [0.3, 0.4) is 0 Å². The van der Waals surface area contributed by atoms with Gasteiger partial charge in [-0.15, -0.1) is 0 Å². The summed E-state index contributed by atoms with van der Waals surface area (Å²) in [7, 11) is 0. The summed E-state index contributed by atoms with van der Waals surface area (Å²) in [6.45, 7) is 13.7. The molecule has 0 N–H and O–H groups in total. The summed E-state index contributed by atoms with van der Waals surface area (Å²) in [5, 5.41) is 0. The Kier molecular flexibility index (Phi) is 5.01. The van der Waals surface area contributed by atoms with Crippen LogP contribution in [0.25, 0.3) is 11.1 Å². The maximum atomic E-state index is 3.90. The Bertz CT molecular complexity index is 723. The smallest absolute Gasteiger partial charge is 0.0443 e. The van der Waals surface area contributed by atoms with Gasteiger partial charge in [0.1, 0.15) is 0 Å². The van der Waals surface area contributed by atoms with Gasteiger partial charge in [-0.2, -0.15) is 0 Å². The Morgan fingerprint density at radius 3 is 1.36 bits per heavy atom. The van der Waals surface area contributed by atoms with Crippen LogP contribution in [0, 0.1) is 10.8 Å². The van der Waals surface area contributed by atoms with Crippen LogP contribution in [0.5, 0.6) is 0 Å². The van der Waals surface area contributed by atoms with Gasteiger partial charge in [-0.25, -0.2) is 0 Å². The van der Waals surface area contributed by atoms with Crippen LogP contribution >= 0.6 is 31.9 Å². The third kappa shape index (κ3) is 3.76. The van der Waals surface area contributed by atoms with Gasteiger partial charge in [0.05, 0.1) is 0 Å². The van der Waals surface area contributed by atoms with Crippen LogP contribution in [0.1, 0.15) is 73.5 Å². The maximum absolute atomic E-state index is 3.90. The lowest BCUT2D eigenvalue weighted by Gasteiger charge is -2.26. The molecule has 134 valence electrons. The number of halogens is 2. The fourth-order valence-electron chi connectivity index (χ4n) is 3.57. The van der Waals surface area contributed by atoms with Crippen molar-refractivity contribution in [2.75, 3.05) is 0 Å². The molecule has 1 aliphatic carbocycles. The van der Waals surface area contributed by atoms with Gasteiger partial charge in [0, 0.05) is 9.65 Å². The van der Waals surface area contributed by atoms with Gasteiger partial charge in [-0.3, -0.25) is 0 Å². The highest BCUT2D eigenvalue weighted by atomic mass is 79.9. The number of fused-ring (bicyclic) bond motifs is 3. The minimum Gasteiger partial charge on any atom is -0.0833 e. The molecule has 3 rings (SSSR count). The quantitative estimate of drug-likeness (QED) is 0.335. The van der Waals surface area contributed by atoms with E-state index in [2.05, 4.69) is 110 Å². The second-order valence-electron chi connectivity index (χ2n) is 9.47. The average molecular weight is 464 g/mol. The molecule has 0 saturated heterocycles. The van der Waals surface area contributed by atoms with Crippen LogP contribution in [0.2, 0.25) is 0 Å². The Morgan fingerprint density at radius 2 is 1.04 bits per heavy atom. The summed E-state index contributed by atoms with van der Waals surface area (Å²) in [5.74, 6) is 0. The van der Waals surface area contributed by atoms with Gasteiger partial charge in [0.25, 0.3) is 0 Å². The Hall–Kier alpha value is -0.600. The van der Waals surface area contributed by atoms with E-state index in [1.54, 1.807) is 0 Å². The van der Waals surface area contributed by atoms with Crippen LogP contribution in [-0.2, 0) is 6.42 Å². The molecule has 0 aliphatic heterocycles. The van der Waals surface area contributed by atoms with E-state index in [9.17, 15) is 0 Å². The number of alkyl halides is 2. The van der Waals surface area contributed by atoms with Crippen molar-refractivity contribution in [3.63, 3.8) is 0 Å². The second kappa shape index (κ2) is 6.53. The van der Waals surface area contributed by atoms with Crippen molar-refractivity contribution in [3.05, 3.63) is 58.7 Å². The minimum absolute atomic E-state index is 0.211. The molecular formula is C23H28Br2. The minimum atomic E-state index is 0.211.